The fourth-order valence-corrected chi connectivity index (χ4v) is 5.37. The van der Waals surface area contributed by atoms with E-state index >= 15 is 0 Å². The van der Waals surface area contributed by atoms with E-state index in [2.05, 4.69) is 18.7 Å². The van der Waals surface area contributed by atoms with Gasteiger partial charge in [-0.25, -0.2) is 0 Å². The molecule has 0 aliphatic carbocycles. The van der Waals surface area contributed by atoms with E-state index in [4.69, 9.17) is 16.0 Å². The van der Waals surface area contributed by atoms with Crippen molar-refractivity contribution in [1.82, 2.24) is 0 Å². The molecule has 3 aromatic carbocycles. The summed E-state index contributed by atoms with van der Waals surface area (Å²) in [6, 6.07) is 19.3. The van der Waals surface area contributed by atoms with Crippen LogP contribution in [0.1, 0.15) is 47.1 Å². The number of aryl methyl sites for hydroxylation is 2. The molecule has 2 heterocycles. The number of carbonyl (C=O) groups excluding carboxylic acids is 2. The Morgan fingerprint density at radius 3 is 2.37 bits per heavy atom. The summed E-state index contributed by atoms with van der Waals surface area (Å²) in [5, 5.41) is 12.3. The molecule has 1 N–H and O–H groups in total. The Balaban J connectivity index is 1.65. The minimum absolute atomic E-state index is 0.0179. The van der Waals surface area contributed by atoms with Gasteiger partial charge < -0.3 is 14.4 Å². The maximum atomic E-state index is 13.9. The summed E-state index contributed by atoms with van der Waals surface area (Å²) in [6.07, 6.45) is 0. The van der Waals surface area contributed by atoms with Crippen molar-refractivity contribution in [2.24, 2.45) is 0 Å². The Bertz CT molecular complexity index is 1580. The second-order valence-corrected chi connectivity index (χ2v) is 9.95. The molecule has 6 nitrogen and oxygen atoms in total. The number of benzene rings is 3. The number of amides is 1. The first-order valence-electron chi connectivity index (χ1n) is 12.7. The van der Waals surface area contributed by atoms with Crippen molar-refractivity contribution in [3.8, 4) is 0 Å². The normalized spacial score (nSPS) is 15.6. The highest BCUT2D eigenvalue weighted by atomic mass is 35.5. The predicted molar refractivity (Wildman–Crippen MR) is 151 cm³/mol. The minimum atomic E-state index is -0.834. The van der Waals surface area contributed by atoms with Crippen molar-refractivity contribution >= 4 is 45.6 Å². The van der Waals surface area contributed by atoms with Crippen molar-refractivity contribution in [3.05, 3.63) is 106 Å². The maximum absolute atomic E-state index is 13.9. The molecule has 0 saturated carbocycles. The molecule has 5 rings (SSSR count). The number of hydrogen-bond donors (Lipinski definition) is 1. The molecule has 0 fully saturated rings. The fraction of sp³-hybridized carbons (Fsp3) is 0.226. The van der Waals surface area contributed by atoms with Gasteiger partial charge in [-0.3, -0.25) is 14.5 Å². The van der Waals surface area contributed by atoms with E-state index in [0.29, 0.717) is 27.2 Å². The molecule has 1 aromatic heterocycles. The fourth-order valence-electron chi connectivity index (χ4n) is 5.19. The highest BCUT2D eigenvalue weighted by Crippen LogP contribution is 2.43. The van der Waals surface area contributed by atoms with Gasteiger partial charge in [0.15, 0.2) is 11.5 Å². The van der Waals surface area contributed by atoms with Crippen LogP contribution in [0.4, 0.5) is 11.4 Å². The third-order valence-corrected chi connectivity index (χ3v) is 7.34. The molecule has 1 atom stereocenters. The van der Waals surface area contributed by atoms with Crippen LogP contribution in [0, 0.1) is 13.8 Å². The number of aliphatic hydroxyl groups excluding tert-OH is 1. The molecule has 1 unspecified atom stereocenters. The summed E-state index contributed by atoms with van der Waals surface area (Å²) in [4.78, 5) is 31.2. The van der Waals surface area contributed by atoms with Crippen molar-refractivity contribution in [1.29, 1.82) is 0 Å². The second kappa shape index (κ2) is 10.0. The van der Waals surface area contributed by atoms with Gasteiger partial charge in [-0.05, 0) is 81.3 Å². The lowest BCUT2D eigenvalue weighted by molar-refractivity contribution is -0.117. The van der Waals surface area contributed by atoms with Gasteiger partial charge in [0.05, 0.1) is 11.6 Å². The summed E-state index contributed by atoms with van der Waals surface area (Å²) in [5.74, 6) is -1.72. The van der Waals surface area contributed by atoms with Gasteiger partial charge in [-0.1, -0.05) is 41.4 Å². The predicted octanol–water partition coefficient (Wildman–Crippen LogP) is 7.33. The zero-order valence-electron chi connectivity index (χ0n) is 21.8. The van der Waals surface area contributed by atoms with Crippen molar-refractivity contribution in [3.63, 3.8) is 0 Å². The van der Waals surface area contributed by atoms with Gasteiger partial charge in [0.25, 0.3) is 5.91 Å². The second-order valence-electron chi connectivity index (χ2n) is 9.52. The first-order valence-corrected chi connectivity index (χ1v) is 13.0. The van der Waals surface area contributed by atoms with Crippen LogP contribution in [0.5, 0.6) is 0 Å². The number of hydrogen-bond acceptors (Lipinski definition) is 5. The molecule has 1 aliphatic rings. The van der Waals surface area contributed by atoms with Crippen LogP contribution in [0.25, 0.3) is 11.0 Å². The topological polar surface area (TPSA) is 74.0 Å². The quantitative estimate of drug-likeness (QED) is 0.254. The van der Waals surface area contributed by atoms with Gasteiger partial charge >= 0.3 is 0 Å². The molecular formula is C31H29ClN2O4. The largest absolute Gasteiger partial charge is 0.503 e. The SMILES string of the molecule is CCN(CC)c1ccc(C2C(C(=O)c3cc4cc(Cl)ccc4o3)=C(O)C(=O)N2c2ccc(C)cc2C)cc1. The number of ketones is 1. The van der Waals surface area contributed by atoms with E-state index < -0.39 is 23.5 Å². The summed E-state index contributed by atoms with van der Waals surface area (Å²) >= 11 is 6.12. The number of Topliss-reactive ketones (excluding diaryl/α,β-unsaturated/α-hetero) is 1. The van der Waals surface area contributed by atoms with E-state index in [1.54, 1.807) is 24.3 Å². The Hall–Kier alpha value is -4.03. The van der Waals surface area contributed by atoms with E-state index in [1.807, 2.05) is 56.3 Å². The Labute approximate surface area is 226 Å². The molecule has 7 heteroatoms. The van der Waals surface area contributed by atoms with Crippen LogP contribution >= 0.6 is 11.6 Å². The lowest BCUT2D eigenvalue weighted by atomic mass is 9.94. The maximum Gasteiger partial charge on any atom is 0.294 e. The van der Waals surface area contributed by atoms with Gasteiger partial charge in [-0.15, -0.1) is 0 Å². The zero-order valence-corrected chi connectivity index (χ0v) is 22.5. The number of nitrogens with zero attached hydrogens (tertiary/aromatic N) is 2. The average molecular weight is 529 g/mol. The first-order chi connectivity index (χ1) is 18.2. The van der Waals surface area contributed by atoms with Gasteiger partial charge in [-0.2, -0.15) is 0 Å². The van der Waals surface area contributed by atoms with Crippen LogP contribution in [0.3, 0.4) is 0 Å². The Morgan fingerprint density at radius 1 is 1.00 bits per heavy atom. The number of halogens is 1. The lowest BCUT2D eigenvalue weighted by Gasteiger charge is -2.29. The van der Waals surface area contributed by atoms with Crippen LogP contribution in [0.15, 0.2) is 82.5 Å². The number of fused-ring (bicyclic) bond motifs is 1. The molecule has 0 radical (unpaired) electrons. The van der Waals surface area contributed by atoms with Crippen molar-refractivity contribution in [2.75, 3.05) is 22.9 Å². The van der Waals surface area contributed by atoms with E-state index in [1.165, 1.54) is 4.90 Å². The van der Waals surface area contributed by atoms with Gasteiger partial charge in [0.1, 0.15) is 5.58 Å². The summed E-state index contributed by atoms with van der Waals surface area (Å²) in [5.41, 5.74) is 4.76. The molecule has 0 spiro atoms. The number of rotatable bonds is 7. The molecule has 38 heavy (non-hydrogen) atoms. The van der Waals surface area contributed by atoms with E-state index in [0.717, 1.165) is 29.9 Å². The van der Waals surface area contributed by atoms with Gasteiger partial charge in [0, 0.05) is 34.9 Å². The van der Waals surface area contributed by atoms with Crippen molar-refractivity contribution in [2.45, 2.75) is 33.7 Å². The third-order valence-electron chi connectivity index (χ3n) is 7.10. The number of anilines is 2. The molecule has 0 bridgehead atoms. The molecule has 4 aromatic rings. The number of carbonyl (C=O) groups is 2. The Kier molecular flexibility index (Phi) is 6.76. The molecule has 1 aliphatic heterocycles. The average Bonchev–Trinajstić information content (AvgIpc) is 3.43. The van der Waals surface area contributed by atoms with Crippen molar-refractivity contribution < 1.29 is 19.1 Å². The standard InChI is InChI=1S/C31H29ClN2O4/c1-5-33(6-2)23-11-8-20(9-12-23)28-27(29(35)26-17-21-16-22(32)10-14-25(21)38-26)30(36)31(37)34(28)24-13-7-18(3)15-19(24)4/h7-17,28,36H,5-6H2,1-4H3. The van der Waals surface area contributed by atoms with Crippen LogP contribution < -0.4 is 9.80 Å². The smallest absolute Gasteiger partial charge is 0.294 e. The monoisotopic (exact) mass is 528 g/mol. The molecular weight excluding hydrogens is 500 g/mol. The number of furan rings is 1. The Morgan fingerprint density at radius 2 is 1.71 bits per heavy atom. The molecule has 194 valence electrons. The summed E-state index contributed by atoms with van der Waals surface area (Å²) < 4.78 is 5.84. The lowest BCUT2D eigenvalue weighted by Crippen LogP contribution is -2.31. The molecule has 0 saturated heterocycles. The van der Waals surface area contributed by atoms with Crippen LogP contribution in [0.2, 0.25) is 5.02 Å². The first kappa shape index (κ1) is 25.6. The highest BCUT2D eigenvalue weighted by Gasteiger charge is 2.45. The molecule has 1 amide bonds. The van der Waals surface area contributed by atoms with E-state index in [9.17, 15) is 14.7 Å². The summed E-state index contributed by atoms with van der Waals surface area (Å²) in [6.45, 7) is 9.78. The summed E-state index contributed by atoms with van der Waals surface area (Å²) in [7, 11) is 0. The highest BCUT2D eigenvalue weighted by molar-refractivity contribution is 6.31. The van der Waals surface area contributed by atoms with E-state index in [-0.39, 0.29) is 11.3 Å². The minimum Gasteiger partial charge on any atom is -0.503 e. The van der Waals surface area contributed by atoms with Crippen LogP contribution in [-0.4, -0.2) is 29.9 Å². The zero-order chi connectivity index (χ0) is 27.1. The number of aliphatic hydroxyl groups is 1. The van der Waals surface area contributed by atoms with Gasteiger partial charge in [0.2, 0.25) is 5.78 Å². The van der Waals surface area contributed by atoms with Crippen LogP contribution in [-0.2, 0) is 4.79 Å². The third kappa shape index (κ3) is 4.35.